The molecule has 0 aromatic heterocycles. The van der Waals surface area contributed by atoms with Crippen LogP contribution in [-0.4, -0.2) is 42.6 Å². The van der Waals surface area contributed by atoms with Crippen LogP contribution in [0.3, 0.4) is 0 Å². The zero-order valence-corrected chi connectivity index (χ0v) is 17.7. The van der Waals surface area contributed by atoms with Crippen molar-refractivity contribution in [2.45, 2.75) is 59.6 Å². The van der Waals surface area contributed by atoms with Crippen LogP contribution in [-0.2, 0) is 9.53 Å². The third-order valence-electron chi connectivity index (χ3n) is 3.81. The molecule has 1 aromatic rings. The average Bonchev–Trinajstić information content (AvgIpc) is 2.56. The number of hydrogen-bond donors (Lipinski definition) is 3. The Morgan fingerprint density at radius 2 is 1.71 bits per heavy atom. The summed E-state index contributed by atoms with van der Waals surface area (Å²) in [6.45, 7) is 11.4. The highest BCUT2D eigenvalue weighted by Crippen LogP contribution is 2.08. The first-order valence-corrected chi connectivity index (χ1v) is 9.58. The quantitative estimate of drug-likeness (QED) is 0.635. The molecule has 0 unspecified atom stereocenters. The molecule has 7 nitrogen and oxygen atoms in total. The number of rotatable bonds is 8. The molecule has 156 valence electrons. The minimum Gasteiger partial charge on any atom is -0.444 e. The number of hydrogen-bond acceptors (Lipinski definition) is 4. The van der Waals surface area contributed by atoms with E-state index in [-0.39, 0.29) is 30.9 Å². The molecule has 0 fully saturated rings. The second-order valence-corrected chi connectivity index (χ2v) is 8.27. The van der Waals surface area contributed by atoms with Crippen LogP contribution in [0.4, 0.5) is 4.79 Å². The predicted molar refractivity (Wildman–Crippen MR) is 109 cm³/mol. The van der Waals surface area contributed by atoms with Gasteiger partial charge in [-0.3, -0.25) is 9.59 Å². The highest BCUT2D eigenvalue weighted by Gasteiger charge is 2.19. The largest absolute Gasteiger partial charge is 0.444 e. The van der Waals surface area contributed by atoms with Crippen LogP contribution in [0.25, 0.3) is 0 Å². The number of ether oxygens (including phenoxy) is 1. The summed E-state index contributed by atoms with van der Waals surface area (Å²) < 4.78 is 5.22. The number of nitrogens with one attached hydrogen (secondary N) is 3. The average molecular weight is 392 g/mol. The van der Waals surface area contributed by atoms with Crippen LogP contribution >= 0.6 is 0 Å². The van der Waals surface area contributed by atoms with E-state index in [1.807, 2.05) is 32.9 Å². The molecule has 0 spiro atoms. The summed E-state index contributed by atoms with van der Waals surface area (Å²) in [7, 11) is 0. The van der Waals surface area contributed by atoms with Crippen LogP contribution in [0.15, 0.2) is 24.3 Å². The fraction of sp³-hybridized carbons (Fsp3) is 0.571. The van der Waals surface area contributed by atoms with Gasteiger partial charge in [-0.1, -0.05) is 32.0 Å². The molecule has 1 aromatic carbocycles. The van der Waals surface area contributed by atoms with Crippen molar-refractivity contribution in [1.29, 1.82) is 0 Å². The summed E-state index contributed by atoms with van der Waals surface area (Å²) in [5.74, 6) is -0.272. The summed E-state index contributed by atoms with van der Waals surface area (Å²) in [5.41, 5.74) is 0.807. The summed E-state index contributed by atoms with van der Waals surface area (Å²) in [4.78, 5) is 36.3. The smallest absolute Gasteiger partial charge is 0.407 e. The highest BCUT2D eigenvalue weighted by atomic mass is 16.6. The van der Waals surface area contributed by atoms with Crippen molar-refractivity contribution in [1.82, 2.24) is 16.0 Å². The highest BCUT2D eigenvalue weighted by molar-refractivity contribution is 5.97. The van der Waals surface area contributed by atoms with E-state index in [0.717, 1.165) is 5.56 Å². The maximum Gasteiger partial charge on any atom is 0.407 e. The zero-order valence-electron chi connectivity index (χ0n) is 17.7. The fourth-order valence-electron chi connectivity index (χ4n) is 2.65. The van der Waals surface area contributed by atoms with E-state index in [1.54, 1.807) is 32.9 Å². The maximum atomic E-state index is 12.3. The van der Waals surface area contributed by atoms with Gasteiger partial charge in [-0.25, -0.2) is 4.79 Å². The molecule has 3 N–H and O–H groups in total. The van der Waals surface area contributed by atoms with Gasteiger partial charge in [0.2, 0.25) is 5.91 Å². The van der Waals surface area contributed by atoms with Gasteiger partial charge in [-0.15, -0.1) is 0 Å². The SMILES string of the molecule is Cc1ccccc1C(=O)NCC(=O)N[C@@H](CNC(=O)OC(C)(C)C)CC(C)C. The number of benzene rings is 1. The van der Waals surface area contributed by atoms with E-state index < -0.39 is 11.7 Å². The van der Waals surface area contributed by atoms with Crippen molar-refractivity contribution >= 4 is 17.9 Å². The van der Waals surface area contributed by atoms with Crippen LogP contribution in [0.5, 0.6) is 0 Å². The Bertz CT molecular complexity index is 680. The first-order valence-electron chi connectivity index (χ1n) is 9.58. The molecule has 0 saturated heterocycles. The van der Waals surface area contributed by atoms with Crippen LogP contribution in [0.1, 0.15) is 57.0 Å². The van der Waals surface area contributed by atoms with Gasteiger partial charge >= 0.3 is 6.09 Å². The third-order valence-corrected chi connectivity index (χ3v) is 3.81. The third kappa shape index (κ3) is 9.39. The monoisotopic (exact) mass is 391 g/mol. The molecule has 0 aliphatic rings. The van der Waals surface area contributed by atoms with Crippen LogP contribution in [0.2, 0.25) is 0 Å². The van der Waals surface area contributed by atoms with E-state index >= 15 is 0 Å². The van der Waals surface area contributed by atoms with Crippen LogP contribution in [0, 0.1) is 12.8 Å². The van der Waals surface area contributed by atoms with Crippen molar-refractivity contribution in [3.8, 4) is 0 Å². The zero-order chi connectivity index (χ0) is 21.3. The predicted octanol–water partition coefficient (Wildman–Crippen LogP) is 2.78. The minimum atomic E-state index is -0.583. The molecular weight excluding hydrogens is 358 g/mol. The van der Waals surface area contributed by atoms with Gasteiger partial charge < -0.3 is 20.7 Å². The molecule has 1 atom stereocenters. The Labute approximate surface area is 167 Å². The van der Waals surface area contributed by atoms with Gasteiger partial charge in [0.1, 0.15) is 5.60 Å². The molecule has 7 heteroatoms. The standard InChI is InChI=1S/C21H33N3O4/c1-14(2)11-16(12-23-20(27)28-21(4,5)6)24-18(25)13-22-19(26)17-10-8-7-9-15(17)3/h7-10,14,16H,11-13H2,1-6H3,(H,22,26)(H,23,27)(H,24,25)/t16-/m1/s1. The van der Waals surface area contributed by atoms with Gasteiger partial charge in [0, 0.05) is 18.2 Å². The number of carbonyl (C=O) groups excluding carboxylic acids is 3. The Hall–Kier alpha value is -2.57. The Balaban J connectivity index is 2.54. The number of aryl methyl sites for hydroxylation is 1. The summed E-state index contributed by atoms with van der Waals surface area (Å²) in [5, 5.41) is 8.18. The number of carbonyl (C=O) groups is 3. The molecule has 28 heavy (non-hydrogen) atoms. The fourth-order valence-corrected chi connectivity index (χ4v) is 2.65. The van der Waals surface area contributed by atoms with Gasteiger partial charge in [-0.05, 0) is 51.7 Å². The summed E-state index contributed by atoms with van der Waals surface area (Å²) >= 11 is 0. The minimum absolute atomic E-state index is 0.131. The van der Waals surface area contributed by atoms with Gasteiger partial charge in [-0.2, -0.15) is 0 Å². The first kappa shape index (κ1) is 23.5. The molecule has 1 rings (SSSR count). The van der Waals surface area contributed by atoms with E-state index in [1.165, 1.54) is 0 Å². The van der Waals surface area contributed by atoms with Crippen molar-refractivity contribution in [3.05, 3.63) is 35.4 Å². The Kier molecular flexibility index (Phi) is 8.96. The second kappa shape index (κ2) is 10.7. The van der Waals surface area contributed by atoms with Crippen molar-refractivity contribution < 1.29 is 19.1 Å². The van der Waals surface area contributed by atoms with Gasteiger partial charge in [0.15, 0.2) is 0 Å². The topological polar surface area (TPSA) is 96.5 Å². The molecule has 0 saturated carbocycles. The second-order valence-electron chi connectivity index (χ2n) is 8.27. The Morgan fingerprint density at radius 3 is 2.29 bits per heavy atom. The van der Waals surface area contributed by atoms with E-state index in [9.17, 15) is 14.4 Å². The maximum absolute atomic E-state index is 12.3. The lowest BCUT2D eigenvalue weighted by atomic mass is 10.0. The first-order chi connectivity index (χ1) is 13.0. The Morgan fingerprint density at radius 1 is 1.07 bits per heavy atom. The summed E-state index contributed by atoms with van der Waals surface area (Å²) in [6, 6.07) is 6.94. The van der Waals surface area contributed by atoms with E-state index in [2.05, 4.69) is 16.0 Å². The van der Waals surface area contributed by atoms with Crippen molar-refractivity contribution in [3.63, 3.8) is 0 Å². The van der Waals surface area contributed by atoms with Crippen LogP contribution < -0.4 is 16.0 Å². The molecule has 0 bridgehead atoms. The molecule has 0 heterocycles. The van der Waals surface area contributed by atoms with Gasteiger partial charge in [0.05, 0.1) is 6.54 Å². The molecule has 3 amide bonds. The lowest BCUT2D eigenvalue weighted by Gasteiger charge is -2.23. The van der Waals surface area contributed by atoms with E-state index in [4.69, 9.17) is 4.74 Å². The lowest BCUT2D eigenvalue weighted by Crippen LogP contribution is -2.48. The molecule has 0 radical (unpaired) electrons. The van der Waals surface area contributed by atoms with Crippen molar-refractivity contribution in [2.24, 2.45) is 5.92 Å². The van der Waals surface area contributed by atoms with Crippen molar-refractivity contribution in [2.75, 3.05) is 13.1 Å². The molecule has 0 aliphatic heterocycles. The number of alkyl carbamates (subject to hydrolysis) is 1. The number of amides is 3. The molecular formula is C21H33N3O4. The molecule has 0 aliphatic carbocycles. The normalized spacial score (nSPS) is 12.2. The van der Waals surface area contributed by atoms with E-state index in [0.29, 0.717) is 17.9 Å². The van der Waals surface area contributed by atoms with Gasteiger partial charge in [0.25, 0.3) is 5.91 Å². The lowest BCUT2D eigenvalue weighted by molar-refractivity contribution is -0.120. The summed E-state index contributed by atoms with van der Waals surface area (Å²) in [6.07, 6.45) is 0.163.